The zero-order valence-electron chi connectivity index (χ0n) is 15.7. The Morgan fingerprint density at radius 1 is 1.21 bits per heavy atom. The summed E-state index contributed by atoms with van der Waals surface area (Å²) in [6, 6.07) is 14.8. The molecule has 1 amide bonds. The van der Waals surface area contributed by atoms with Crippen molar-refractivity contribution in [1.29, 1.82) is 0 Å². The zero-order valence-corrected chi connectivity index (χ0v) is 18.1. The monoisotopic (exact) mass is 475 g/mol. The summed E-state index contributed by atoms with van der Waals surface area (Å²) in [6.07, 6.45) is 1.32. The molecule has 1 fully saturated rings. The maximum Gasteiger partial charge on any atom is 0.264 e. The van der Waals surface area contributed by atoms with Crippen LogP contribution in [0.15, 0.2) is 57.4 Å². The molecule has 4 rings (SSSR count). The average Bonchev–Trinajstić information content (AvgIpc) is 3.46. The van der Waals surface area contributed by atoms with Crippen molar-refractivity contribution in [3.05, 3.63) is 63.9 Å². The van der Waals surface area contributed by atoms with Gasteiger partial charge in [0.2, 0.25) is 11.8 Å². The number of rotatable bonds is 7. The molecule has 1 atom stereocenters. The Morgan fingerprint density at radius 3 is 2.55 bits per heavy atom. The van der Waals surface area contributed by atoms with Gasteiger partial charge in [-0.05, 0) is 68.3 Å². The SMILES string of the molecule is CC(Oc1ccc(Br)cc1)C(=O)N(Cc1nnc(-c2ccc(Cl)cc2)o1)C1CC1. The van der Waals surface area contributed by atoms with Gasteiger partial charge in [-0.1, -0.05) is 27.5 Å². The topological polar surface area (TPSA) is 68.5 Å². The lowest BCUT2D eigenvalue weighted by molar-refractivity contribution is -0.139. The summed E-state index contributed by atoms with van der Waals surface area (Å²) >= 11 is 9.31. The van der Waals surface area contributed by atoms with Crippen LogP contribution >= 0.6 is 27.5 Å². The molecule has 0 aliphatic heterocycles. The van der Waals surface area contributed by atoms with Gasteiger partial charge in [0, 0.05) is 21.1 Å². The van der Waals surface area contributed by atoms with Crippen LogP contribution in [0.2, 0.25) is 5.02 Å². The van der Waals surface area contributed by atoms with Gasteiger partial charge in [0.15, 0.2) is 6.10 Å². The number of hydrogen-bond donors (Lipinski definition) is 0. The maximum atomic E-state index is 13.0. The molecule has 1 aromatic heterocycles. The molecule has 1 aliphatic rings. The Morgan fingerprint density at radius 2 is 1.90 bits per heavy atom. The van der Waals surface area contributed by atoms with E-state index in [4.69, 9.17) is 20.8 Å². The fourth-order valence-corrected chi connectivity index (χ4v) is 3.34. The molecule has 2 aromatic carbocycles. The Kier molecular flexibility index (Phi) is 5.87. The van der Waals surface area contributed by atoms with Crippen molar-refractivity contribution in [2.75, 3.05) is 0 Å². The van der Waals surface area contributed by atoms with Gasteiger partial charge in [-0.3, -0.25) is 4.79 Å². The first kappa shape index (κ1) is 19.9. The molecule has 1 unspecified atom stereocenters. The number of ether oxygens (including phenoxy) is 1. The molecule has 1 heterocycles. The van der Waals surface area contributed by atoms with Gasteiger partial charge in [0.25, 0.3) is 5.91 Å². The van der Waals surface area contributed by atoms with E-state index in [9.17, 15) is 4.79 Å². The van der Waals surface area contributed by atoms with Crippen LogP contribution in [0.3, 0.4) is 0 Å². The minimum atomic E-state index is -0.615. The Labute approximate surface area is 182 Å². The van der Waals surface area contributed by atoms with Crippen LogP contribution in [0.25, 0.3) is 11.5 Å². The molecular weight excluding hydrogens is 458 g/mol. The molecule has 150 valence electrons. The number of amides is 1. The molecule has 1 aliphatic carbocycles. The number of aromatic nitrogens is 2. The zero-order chi connectivity index (χ0) is 20.4. The highest BCUT2D eigenvalue weighted by Gasteiger charge is 2.36. The number of nitrogens with zero attached hydrogens (tertiary/aromatic N) is 3. The fraction of sp³-hybridized carbons (Fsp3) is 0.286. The van der Waals surface area contributed by atoms with Gasteiger partial charge in [-0.2, -0.15) is 0 Å². The molecule has 3 aromatic rings. The Hall–Kier alpha value is -2.38. The van der Waals surface area contributed by atoms with Crippen LogP contribution in [0.5, 0.6) is 5.75 Å². The number of carbonyl (C=O) groups excluding carboxylic acids is 1. The van der Waals surface area contributed by atoms with E-state index in [1.54, 1.807) is 24.0 Å². The highest BCUT2D eigenvalue weighted by Crippen LogP contribution is 2.30. The average molecular weight is 477 g/mol. The van der Waals surface area contributed by atoms with E-state index in [2.05, 4.69) is 26.1 Å². The van der Waals surface area contributed by atoms with Crippen LogP contribution in [-0.4, -0.2) is 33.2 Å². The highest BCUT2D eigenvalue weighted by molar-refractivity contribution is 9.10. The lowest BCUT2D eigenvalue weighted by Crippen LogP contribution is -2.41. The third kappa shape index (κ3) is 4.97. The minimum absolute atomic E-state index is 0.0957. The summed E-state index contributed by atoms with van der Waals surface area (Å²) in [5.74, 6) is 1.35. The molecule has 8 heteroatoms. The number of carbonyl (C=O) groups is 1. The molecule has 0 N–H and O–H groups in total. The van der Waals surface area contributed by atoms with Gasteiger partial charge < -0.3 is 14.1 Å². The summed E-state index contributed by atoms with van der Waals surface area (Å²) < 4.78 is 12.6. The van der Waals surface area contributed by atoms with Crippen molar-refractivity contribution < 1.29 is 13.9 Å². The second-order valence-electron chi connectivity index (χ2n) is 6.92. The Bertz CT molecular complexity index is 987. The van der Waals surface area contributed by atoms with Gasteiger partial charge in [0.05, 0.1) is 6.54 Å². The van der Waals surface area contributed by atoms with Gasteiger partial charge in [-0.25, -0.2) is 0 Å². The molecule has 6 nitrogen and oxygen atoms in total. The summed E-state index contributed by atoms with van der Waals surface area (Å²) in [5, 5.41) is 8.84. The first-order valence-electron chi connectivity index (χ1n) is 9.30. The summed E-state index contributed by atoms with van der Waals surface area (Å²) in [7, 11) is 0. The van der Waals surface area contributed by atoms with Gasteiger partial charge in [0.1, 0.15) is 5.75 Å². The Balaban J connectivity index is 1.44. The fourth-order valence-electron chi connectivity index (χ4n) is 2.95. The van der Waals surface area contributed by atoms with Crippen molar-refractivity contribution in [3.63, 3.8) is 0 Å². The third-order valence-electron chi connectivity index (χ3n) is 4.61. The van der Waals surface area contributed by atoms with E-state index in [1.165, 1.54) is 0 Å². The smallest absolute Gasteiger partial charge is 0.264 e. The highest BCUT2D eigenvalue weighted by atomic mass is 79.9. The second kappa shape index (κ2) is 8.55. The maximum absolute atomic E-state index is 13.0. The molecule has 0 radical (unpaired) electrons. The molecule has 29 heavy (non-hydrogen) atoms. The van der Waals surface area contributed by atoms with E-state index in [-0.39, 0.29) is 18.5 Å². The predicted molar refractivity (Wildman–Crippen MR) is 113 cm³/mol. The minimum Gasteiger partial charge on any atom is -0.481 e. The van der Waals surface area contributed by atoms with Crippen molar-refractivity contribution in [1.82, 2.24) is 15.1 Å². The summed E-state index contributed by atoms with van der Waals surface area (Å²) in [6.45, 7) is 2.02. The lowest BCUT2D eigenvalue weighted by atomic mass is 10.2. The van der Waals surface area contributed by atoms with Crippen molar-refractivity contribution in [2.45, 2.75) is 38.5 Å². The van der Waals surface area contributed by atoms with Crippen LogP contribution in [-0.2, 0) is 11.3 Å². The molecule has 0 bridgehead atoms. The van der Waals surface area contributed by atoms with Crippen molar-refractivity contribution in [3.8, 4) is 17.2 Å². The number of benzene rings is 2. The van der Waals surface area contributed by atoms with E-state index in [1.807, 2.05) is 36.4 Å². The van der Waals surface area contributed by atoms with Crippen LogP contribution in [0.4, 0.5) is 0 Å². The summed E-state index contributed by atoms with van der Waals surface area (Å²) in [4.78, 5) is 14.8. The third-order valence-corrected chi connectivity index (χ3v) is 5.39. The quantitative estimate of drug-likeness (QED) is 0.474. The summed E-state index contributed by atoms with van der Waals surface area (Å²) in [5.41, 5.74) is 0.782. The van der Waals surface area contributed by atoms with Crippen LogP contribution in [0.1, 0.15) is 25.7 Å². The lowest BCUT2D eigenvalue weighted by Gasteiger charge is -2.24. The normalized spacial score (nSPS) is 14.4. The first-order chi connectivity index (χ1) is 14.0. The van der Waals surface area contributed by atoms with E-state index in [0.29, 0.717) is 22.6 Å². The largest absolute Gasteiger partial charge is 0.481 e. The van der Waals surface area contributed by atoms with Crippen molar-refractivity contribution >= 4 is 33.4 Å². The van der Waals surface area contributed by atoms with E-state index >= 15 is 0 Å². The van der Waals surface area contributed by atoms with Crippen molar-refractivity contribution in [2.24, 2.45) is 0 Å². The van der Waals surface area contributed by atoms with Crippen LogP contribution in [0, 0.1) is 0 Å². The number of halogens is 2. The molecule has 0 saturated heterocycles. The second-order valence-corrected chi connectivity index (χ2v) is 8.27. The first-order valence-corrected chi connectivity index (χ1v) is 10.5. The van der Waals surface area contributed by atoms with E-state index < -0.39 is 6.10 Å². The van der Waals surface area contributed by atoms with Crippen LogP contribution < -0.4 is 4.74 Å². The predicted octanol–water partition coefficient (Wildman–Crippen LogP) is 5.11. The molecular formula is C21H19BrClN3O3. The standard InChI is InChI=1S/C21H19BrClN3O3/c1-13(28-18-10-4-15(22)5-11-18)21(27)26(17-8-9-17)12-19-24-25-20(29-19)14-2-6-16(23)7-3-14/h2-7,10-11,13,17H,8-9,12H2,1H3. The van der Waals surface area contributed by atoms with E-state index in [0.717, 1.165) is 22.9 Å². The van der Waals surface area contributed by atoms with Gasteiger partial charge >= 0.3 is 0 Å². The molecule has 1 saturated carbocycles. The number of hydrogen-bond acceptors (Lipinski definition) is 5. The van der Waals surface area contributed by atoms with Gasteiger partial charge in [-0.15, -0.1) is 10.2 Å². The molecule has 0 spiro atoms.